The third kappa shape index (κ3) is 2.52. The molecule has 0 saturated carbocycles. The number of carbonyl (C=O) groups is 1. The van der Waals surface area contributed by atoms with Gasteiger partial charge in [0.15, 0.2) is 0 Å². The fourth-order valence-corrected chi connectivity index (χ4v) is 0.952. The second-order valence-electron chi connectivity index (χ2n) is 2.60. The molecule has 0 aliphatic rings. The largest absolute Gasteiger partial charge is 0.507 e. The fourth-order valence-electron chi connectivity index (χ4n) is 0.952. The van der Waals surface area contributed by atoms with Gasteiger partial charge in [-0.05, 0) is 18.2 Å². The number of hydrogen-bond acceptors (Lipinski definition) is 3. The maximum absolute atomic E-state index is 10.2. The molecule has 0 amide bonds. The van der Waals surface area contributed by atoms with Crippen molar-refractivity contribution in [1.29, 1.82) is 0 Å². The molecule has 0 heterocycles. The Balaban J connectivity index is 2.94. The van der Waals surface area contributed by atoms with E-state index in [1.54, 1.807) is 12.1 Å². The molecule has 0 aromatic heterocycles. The van der Waals surface area contributed by atoms with Crippen molar-refractivity contribution in [3.63, 3.8) is 0 Å². The van der Waals surface area contributed by atoms with Crippen LogP contribution in [0.25, 0.3) is 6.08 Å². The highest BCUT2D eigenvalue weighted by atomic mass is 16.5. The van der Waals surface area contributed by atoms with E-state index in [2.05, 4.69) is 0 Å². The maximum atomic E-state index is 10.2. The number of aliphatic carboxylic acids is 1. The monoisotopic (exact) mass is 194 g/mol. The molecule has 0 atom stereocenters. The van der Waals surface area contributed by atoms with Gasteiger partial charge in [-0.15, -0.1) is 0 Å². The molecule has 0 aliphatic heterocycles. The number of hydrogen-bond donors (Lipinski definition) is 2. The Kier molecular flexibility index (Phi) is 3.12. The number of aromatic hydroxyl groups is 1. The van der Waals surface area contributed by atoms with Crippen LogP contribution < -0.4 is 4.74 Å². The van der Waals surface area contributed by atoms with Crippen molar-refractivity contribution in [2.45, 2.75) is 0 Å². The van der Waals surface area contributed by atoms with E-state index in [1.807, 2.05) is 0 Å². The summed E-state index contributed by atoms with van der Waals surface area (Å²) in [5, 5.41) is 17.8. The molecule has 1 rings (SSSR count). The highest BCUT2D eigenvalue weighted by Crippen LogP contribution is 2.24. The van der Waals surface area contributed by atoms with E-state index in [0.29, 0.717) is 11.3 Å². The lowest BCUT2D eigenvalue weighted by molar-refractivity contribution is -0.131. The number of phenolic OH excluding ortho intramolecular Hbond substituents is 1. The molecular weight excluding hydrogens is 184 g/mol. The van der Waals surface area contributed by atoms with E-state index >= 15 is 0 Å². The summed E-state index contributed by atoms with van der Waals surface area (Å²) in [6, 6.07) is 4.64. The molecule has 74 valence electrons. The van der Waals surface area contributed by atoms with E-state index in [9.17, 15) is 9.90 Å². The molecule has 4 nitrogen and oxygen atoms in total. The Morgan fingerprint density at radius 3 is 2.71 bits per heavy atom. The van der Waals surface area contributed by atoms with E-state index in [1.165, 1.54) is 19.3 Å². The molecule has 0 aliphatic carbocycles. The first-order valence-electron chi connectivity index (χ1n) is 3.91. The molecule has 1 aromatic rings. The highest BCUT2D eigenvalue weighted by molar-refractivity contribution is 5.85. The molecule has 0 radical (unpaired) electrons. The standard InChI is InChI=1S/C10H10O4/c1-14-8-4-2-7(9(11)6-8)3-5-10(12)13/h2-6,11H,1H3,(H,12,13)/b5-3-. The number of benzene rings is 1. The first-order chi connectivity index (χ1) is 6.63. The van der Waals surface area contributed by atoms with Crippen LogP contribution in [-0.4, -0.2) is 23.3 Å². The number of carboxylic acid groups (broad SMARTS) is 1. The van der Waals surface area contributed by atoms with Gasteiger partial charge in [0.1, 0.15) is 11.5 Å². The van der Waals surface area contributed by atoms with Crippen LogP contribution in [-0.2, 0) is 4.79 Å². The van der Waals surface area contributed by atoms with Crippen molar-refractivity contribution in [3.8, 4) is 11.5 Å². The van der Waals surface area contributed by atoms with Crippen LogP contribution in [0.5, 0.6) is 11.5 Å². The zero-order chi connectivity index (χ0) is 10.6. The van der Waals surface area contributed by atoms with Crippen molar-refractivity contribution < 1.29 is 19.7 Å². The minimum Gasteiger partial charge on any atom is -0.507 e. The Labute approximate surface area is 81.1 Å². The number of phenols is 1. The van der Waals surface area contributed by atoms with Gasteiger partial charge in [-0.25, -0.2) is 4.79 Å². The quantitative estimate of drug-likeness (QED) is 0.715. The molecule has 2 N–H and O–H groups in total. The van der Waals surface area contributed by atoms with Crippen molar-refractivity contribution in [3.05, 3.63) is 29.8 Å². The van der Waals surface area contributed by atoms with E-state index in [4.69, 9.17) is 9.84 Å². The van der Waals surface area contributed by atoms with Crippen molar-refractivity contribution in [2.75, 3.05) is 7.11 Å². The third-order valence-electron chi connectivity index (χ3n) is 1.64. The minimum atomic E-state index is -1.06. The lowest BCUT2D eigenvalue weighted by atomic mass is 10.2. The van der Waals surface area contributed by atoms with E-state index in [0.717, 1.165) is 6.08 Å². The molecule has 0 spiro atoms. The molecule has 4 heteroatoms. The number of rotatable bonds is 3. The molecule has 0 saturated heterocycles. The Morgan fingerprint density at radius 1 is 1.50 bits per heavy atom. The van der Waals surface area contributed by atoms with Gasteiger partial charge in [-0.2, -0.15) is 0 Å². The van der Waals surface area contributed by atoms with Gasteiger partial charge in [-0.1, -0.05) is 0 Å². The van der Waals surface area contributed by atoms with Crippen molar-refractivity contribution in [1.82, 2.24) is 0 Å². The minimum absolute atomic E-state index is 0.0122. The zero-order valence-corrected chi connectivity index (χ0v) is 7.60. The van der Waals surface area contributed by atoms with Crippen LogP contribution in [0.4, 0.5) is 0 Å². The van der Waals surface area contributed by atoms with E-state index in [-0.39, 0.29) is 5.75 Å². The van der Waals surface area contributed by atoms with E-state index < -0.39 is 5.97 Å². The van der Waals surface area contributed by atoms with Crippen molar-refractivity contribution >= 4 is 12.0 Å². The first kappa shape index (κ1) is 10.1. The average molecular weight is 194 g/mol. The lowest BCUT2D eigenvalue weighted by Gasteiger charge is -2.02. The van der Waals surface area contributed by atoms with Crippen LogP contribution in [0.1, 0.15) is 5.56 Å². The predicted molar refractivity (Wildman–Crippen MR) is 51.3 cm³/mol. The van der Waals surface area contributed by atoms with Crippen LogP contribution in [0.15, 0.2) is 24.3 Å². The third-order valence-corrected chi connectivity index (χ3v) is 1.64. The van der Waals surface area contributed by atoms with Crippen LogP contribution >= 0.6 is 0 Å². The summed E-state index contributed by atoms with van der Waals surface area (Å²) in [5.41, 5.74) is 0.438. The van der Waals surface area contributed by atoms with Gasteiger partial charge in [-0.3, -0.25) is 0 Å². The summed E-state index contributed by atoms with van der Waals surface area (Å²) in [5.74, 6) is -0.544. The number of ether oxygens (including phenoxy) is 1. The van der Waals surface area contributed by atoms with Gasteiger partial charge in [0.2, 0.25) is 0 Å². The smallest absolute Gasteiger partial charge is 0.328 e. The SMILES string of the molecule is COc1ccc(/C=C\C(=O)O)c(O)c1. The Hall–Kier alpha value is -1.97. The molecule has 0 fully saturated rings. The maximum Gasteiger partial charge on any atom is 0.328 e. The molecule has 0 bridgehead atoms. The molecule has 1 aromatic carbocycles. The summed E-state index contributed by atoms with van der Waals surface area (Å²) in [4.78, 5) is 10.2. The predicted octanol–water partition coefficient (Wildman–Crippen LogP) is 1.50. The van der Waals surface area contributed by atoms with Crippen LogP contribution in [0.2, 0.25) is 0 Å². The van der Waals surface area contributed by atoms with Crippen LogP contribution in [0.3, 0.4) is 0 Å². The summed E-state index contributed by atoms with van der Waals surface area (Å²) < 4.78 is 4.88. The Morgan fingerprint density at radius 2 is 2.21 bits per heavy atom. The van der Waals surface area contributed by atoms with Gasteiger partial charge >= 0.3 is 5.97 Å². The zero-order valence-electron chi connectivity index (χ0n) is 7.60. The second kappa shape index (κ2) is 4.32. The van der Waals surface area contributed by atoms with Crippen LogP contribution in [0, 0.1) is 0 Å². The first-order valence-corrected chi connectivity index (χ1v) is 3.91. The van der Waals surface area contributed by atoms with Gasteiger partial charge < -0.3 is 14.9 Å². The summed E-state index contributed by atoms with van der Waals surface area (Å²) in [6.07, 6.45) is 2.28. The topological polar surface area (TPSA) is 66.8 Å². The van der Waals surface area contributed by atoms with Crippen molar-refractivity contribution in [2.24, 2.45) is 0 Å². The average Bonchev–Trinajstić information content (AvgIpc) is 2.15. The Bertz CT molecular complexity index is 368. The number of carboxylic acids is 1. The van der Waals surface area contributed by atoms with Gasteiger partial charge in [0.25, 0.3) is 0 Å². The summed E-state index contributed by atoms with van der Waals surface area (Å²) >= 11 is 0. The molecule has 0 unspecified atom stereocenters. The molecular formula is C10H10O4. The second-order valence-corrected chi connectivity index (χ2v) is 2.60. The highest BCUT2D eigenvalue weighted by Gasteiger charge is 1.99. The molecule has 14 heavy (non-hydrogen) atoms. The number of methoxy groups -OCH3 is 1. The summed E-state index contributed by atoms with van der Waals surface area (Å²) in [6.45, 7) is 0. The fraction of sp³-hybridized carbons (Fsp3) is 0.100. The normalized spacial score (nSPS) is 10.4. The van der Waals surface area contributed by atoms with Gasteiger partial charge in [0.05, 0.1) is 7.11 Å². The lowest BCUT2D eigenvalue weighted by Crippen LogP contribution is -1.86. The van der Waals surface area contributed by atoms with Gasteiger partial charge in [0, 0.05) is 17.7 Å². The summed E-state index contributed by atoms with van der Waals surface area (Å²) in [7, 11) is 1.49.